The van der Waals surface area contributed by atoms with Crippen LogP contribution in [0.1, 0.15) is 34.6 Å². The number of fused-ring (bicyclic) bond motifs is 1. The summed E-state index contributed by atoms with van der Waals surface area (Å²) in [5.41, 5.74) is 2.15. The first kappa shape index (κ1) is 11.3. The van der Waals surface area contributed by atoms with E-state index >= 15 is 0 Å². The number of aryl methyl sites for hydroxylation is 1. The fraction of sp³-hybridized carbons (Fsp3) is 0.500. The summed E-state index contributed by atoms with van der Waals surface area (Å²) >= 11 is 0. The third-order valence-electron chi connectivity index (χ3n) is 3.41. The number of phenolic OH excluding ortho intramolecular Hbond substituents is 1. The molecule has 1 unspecified atom stereocenters. The molecule has 0 saturated heterocycles. The van der Waals surface area contributed by atoms with Gasteiger partial charge in [0.05, 0.1) is 5.92 Å². The standard InChI is InChI=1S/C12H13F3O/c1-6-5-10(16)8-3-4-9(12(13,14)15)11(8)7(6)2/h5,9,16H,3-4H2,1-2H3. The van der Waals surface area contributed by atoms with Crippen LogP contribution in [0.2, 0.25) is 0 Å². The molecule has 0 fully saturated rings. The Labute approximate surface area is 91.9 Å². The molecule has 0 bridgehead atoms. The van der Waals surface area contributed by atoms with E-state index in [0.29, 0.717) is 28.7 Å². The monoisotopic (exact) mass is 230 g/mol. The average molecular weight is 230 g/mol. The zero-order valence-corrected chi connectivity index (χ0v) is 9.15. The Morgan fingerprint density at radius 3 is 2.50 bits per heavy atom. The highest BCUT2D eigenvalue weighted by molar-refractivity contribution is 5.52. The van der Waals surface area contributed by atoms with Crippen LogP contribution in [0.5, 0.6) is 5.75 Å². The first-order valence-corrected chi connectivity index (χ1v) is 5.21. The number of hydrogen-bond acceptors (Lipinski definition) is 1. The summed E-state index contributed by atoms with van der Waals surface area (Å²) < 4.78 is 38.4. The van der Waals surface area contributed by atoms with Crippen molar-refractivity contribution in [3.05, 3.63) is 28.3 Å². The lowest BCUT2D eigenvalue weighted by atomic mass is 9.92. The van der Waals surface area contributed by atoms with Crippen LogP contribution in [-0.2, 0) is 6.42 Å². The minimum absolute atomic E-state index is 0.00449. The SMILES string of the molecule is Cc1cc(O)c2c(c1C)C(C(F)(F)F)CC2. The van der Waals surface area contributed by atoms with Crippen molar-refractivity contribution in [2.24, 2.45) is 0 Å². The maximum Gasteiger partial charge on any atom is 0.395 e. The minimum Gasteiger partial charge on any atom is -0.508 e. The smallest absolute Gasteiger partial charge is 0.395 e. The van der Waals surface area contributed by atoms with E-state index in [4.69, 9.17) is 0 Å². The predicted molar refractivity (Wildman–Crippen MR) is 54.7 cm³/mol. The number of benzene rings is 1. The maximum atomic E-state index is 12.8. The van der Waals surface area contributed by atoms with Crippen LogP contribution in [0.4, 0.5) is 13.2 Å². The fourth-order valence-corrected chi connectivity index (χ4v) is 2.47. The van der Waals surface area contributed by atoms with Crippen molar-refractivity contribution >= 4 is 0 Å². The Kier molecular flexibility index (Phi) is 2.40. The summed E-state index contributed by atoms with van der Waals surface area (Å²) in [4.78, 5) is 0. The molecule has 0 spiro atoms. The first-order valence-electron chi connectivity index (χ1n) is 5.21. The third kappa shape index (κ3) is 1.56. The van der Waals surface area contributed by atoms with Gasteiger partial charge in [-0.1, -0.05) is 0 Å². The summed E-state index contributed by atoms with van der Waals surface area (Å²) in [6.07, 6.45) is -3.85. The lowest BCUT2D eigenvalue weighted by Crippen LogP contribution is -2.19. The predicted octanol–water partition coefficient (Wildman–Crippen LogP) is 3.60. The second-order valence-electron chi connectivity index (χ2n) is 4.36. The first-order chi connectivity index (χ1) is 7.32. The zero-order valence-electron chi connectivity index (χ0n) is 9.15. The normalized spacial score (nSPS) is 19.9. The van der Waals surface area contributed by atoms with Gasteiger partial charge in [0.2, 0.25) is 0 Å². The molecule has 88 valence electrons. The van der Waals surface area contributed by atoms with E-state index in [-0.39, 0.29) is 12.2 Å². The number of rotatable bonds is 0. The molecule has 16 heavy (non-hydrogen) atoms. The number of alkyl halides is 3. The second kappa shape index (κ2) is 3.40. The molecule has 1 aromatic rings. The lowest BCUT2D eigenvalue weighted by Gasteiger charge is -2.19. The summed E-state index contributed by atoms with van der Waals surface area (Å²) in [7, 11) is 0. The van der Waals surface area contributed by atoms with Crippen LogP contribution in [0, 0.1) is 13.8 Å². The van der Waals surface area contributed by atoms with E-state index in [1.165, 1.54) is 0 Å². The molecule has 1 aliphatic rings. The Hall–Kier alpha value is -1.19. The van der Waals surface area contributed by atoms with Gasteiger partial charge in [-0.2, -0.15) is 13.2 Å². The van der Waals surface area contributed by atoms with Gasteiger partial charge >= 0.3 is 6.18 Å². The van der Waals surface area contributed by atoms with Crippen molar-refractivity contribution in [2.75, 3.05) is 0 Å². The fourth-order valence-electron chi connectivity index (χ4n) is 2.47. The van der Waals surface area contributed by atoms with Gasteiger partial charge in [-0.3, -0.25) is 0 Å². The van der Waals surface area contributed by atoms with E-state index in [1.807, 2.05) is 0 Å². The molecule has 0 aromatic heterocycles. The number of hydrogen-bond donors (Lipinski definition) is 1. The van der Waals surface area contributed by atoms with Gasteiger partial charge in [0.1, 0.15) is 5.75 Å². The Morgan fingerprint density at radius 1 is 1.31 bits per heavy atom. The van der Waals surface area contributed by atoms with Crippen LogP contribution in [0.25, 0.3) is 0 Å². The highest BCUT2D eigenvalue weighted by Gasteiger charge is 2.45. The van der Waals surface area contributed by atoms with Crippen LogP contribution < -0.4 is 0 Å². The molecular weight excluding hydrogens is 217 g/mol. The molecule has 0 saturated carbocycles. The average Bonchev–Trinajstić information content (AvgIpc) is 2.58. The zero-order chi connectivity index (χ0) is 12.1. The van der Waals surface area contributed by atoms with Crippen molar-refractivity contribution in [3.8, 4) is 5.75 Å². The molecular formula is C12H13F3O. The van der Waals surface area contributed by atoms with E-state index in [9.17, 15) is 18.3 Å². The van der Waals surface area contributed by atoms with Crippen LogP contribution in [0.3, 0.4) is 0 Å². The van der Waals surface area contributed by atoms with Crippen LogP contribution in [-0.4, -0.2) is 11.3 Å². The van der Waals surface area contributed by atoms with Crippen molar-refractivity contribution < 1.29 is 18.3 Å². The molecule has 1 aliphatic carbocycles. The molecule has 1 aromatic carbocycles. The van der Waals surface area contributed by atoms with Gasteiger partial charge in [0.25, 0.3) is 0 Å². The third-order valence-corrected chi connectivity index (χ3v) is 3.41. The van der Waals surface area contributed by atoms with E-state index in [1.54, 1.807) is 19.9 Å². The molecule has 0 radical (unpaired) electrons. The lowest BCUT2D eigenvalue weighted by molar-refractivity contribution is -0.149. The molecule has 0 amide bonds. The molecule has 2 rings (SSSR count). The van der Waals surface area contributed by atoms with Gasteiger partial charge in [0.15, 0.2) is 0 Å². The summed E-state index contributed by atoms with van der Waals surface area (Å²) in [5.74, 6) is -1.40. The topological polar surface area (TPSA) is 20.2 Å². The van der Waals surface area contributed by atoms with Crippen LogP contribution >= 0.6 is 0 Å². The Morgan fingerprint density at radius 2 is 1.94 bits per heavy atom. The Bertz CT molecular complexity index is 435. The van der Waals surface area contributed by atoms with Crippen molar-refractivity contribution in [1.29, 1.82) is 0 Å². The van der Waals surface area contributed by atoms with E-state index < -0.39 is 12.1 Å². The number of halogens is 3. The molecule has 0 heterocycles. The maximum absolute atomic E-state index is 12.8. The van der Waals surface area contributed by atoms with Gasteiger partial charge in [-0.05, 0) is 55.0 Å². The van der Waals surface area contributed by atoms with Gasteiger partial charge in [0, 0.05) is 0 Å². The van der Waals surface area contributed by atoms with Crippen molar-refractivity contribution in [3.63, 3.8) is 0 Å². The molecule has 0 aliphatic heterocycles. The van der Waals surface area contributed by atoms with Crippen molar-refractivity contribution in [1.82, 2.24) is 0 Å². The highest BCUT2D eigenvalue weighted by atomic mass is 19.4. The summed E-state index contributed by atoms with van der Waals surface area (Å²) in [6, 6.07) is 1.55. The van der Waals surface area contributed by atoms with Crippen LogP contribution in [0.15, 0.2) is 6.07 Å². The number of aromatic hydroxyl groups is 1. The van der Waals surface area contributed by atoms with E-state index in [2.05, 4.69) is 0 Å². The summed E-state index contributed by atoms with van der Waals surface area (Å²) in [6.45, 7) is 3.42. The molecule has 1 atom stereocenters. The molecule has 4 heteroatoms. The van der Waals surface area contributed by atoms with Gasteiger partial charge in [-0.25, -0.2) is 0 Å². The highest BCUT2D eigenvalue weighted by Crippen LogP contribution is 2.48. The molecule has 1 N–H and O–H groups in total. The van der Waals surface area contributed by atoms with Gasteiger partial charge in [-0.15, -0.1) is 0 Å². The quantitative estimate of drug-likeness (QED) is 0.722. The second-order valence-corrected chi connectivity index (χ2v) is 4.36. The molecule has 1 nitrogen and oxygen atoms in total. The summed E-state index contributed by atoms with van der Waals surface area (Å²) in [5, 5.41) is 9.65. The minimum atomic E-state index is -4.21. The van der Waals surface area contributed by atoms with Crippen molar-refractivity contribution in [2.45, 2.75) is 38.8 Å². The van der Waals surface area contributed by atoms with Gasteiger partial charge < -0.3 is 5.11 Å². The van der Waals surface area contributed by atoms with E-state index in [0.717, 1.165) is 0 Å². The number of phenols is 1. The Balaban J connectivity index is 2.62. The largest absolute Gasteiger partial charge is 0.508 e.